The molecule has 2 aliphatic heterocycles. The van der Waals surface area contributed by atoms with Crippen LogP contribution in [0.5, 0.6) is 0 Å². The van der Waals surface area contributed by atoms with Crippen molar-refractivity contribution in [2.24, 2.45) is 11.8 Å². The summed E-state index contributed by atoms with van der Waals surface area (Å²) in [7, 11) is 1.20. The van der Waals surface area contributed by atoms with Crippen LogP contribution in [0.4, 0.5) is 29.3 Å². The first-order chi connectivity index (χ1) is 12.6. The summed E-state index contributed by atoms with van der Waals surface area (Å²) in [6.07, 6.45) is -4.03. The number of aromatic nitrogens is 2. The van der Waals surface area contributed by atoms with Crippen molar-refractivity contribution in [1.82, 2.24) is 9.97 Å². The van der Waals surface area contributed by atoms with Crippen molar-refractivity contribution in [2.45, 2.75) is 37.7 Å². The van der Waals surface area contributed by atoms with E-state index in [1.807, 2.05) is 6.92 Å². The van der Waals surface area contributed by atoms with E-state index in [9.17, 15) is 22.4 Å². The van der Waals surface area contributed by atoms with Crippen LogP contribution in [0.3, 0.4) is 0 Å². The molecule has 0 bridgehead atoms. The minimum absolute atomic E-state index is 0.0558. The van der Waals surface area contributed by atoms with Gasteiger partial charge in [0.2, 0.25) is 5.95 Å². The Morgan fingerprint density at radius 1 is 1.33 bits per heavy atom. The topological polar surface area (TPSA) is 58.6 Å². The van der Waals surface area contributed by atoms with Crippen molar-refractivity contribution in [3.05, 3.63) is 11.8 Å². The third-order valence-corrected chi connectivity index (χ3v) is 5.98. The minimum Gasteiger partial charge on any atom is -0.469 e. The van der Waals surface area contributed by atoms with Crippen molar-refractivity contribution in [3.8, 4) is 0 Å². The van der Waals surface area contributed by atoms with E-state index in [1.54, 1.807) is 9.80 Å². The molecule has 1 aromatic rings. The number of fused-ring (bicyclic) bond motifs is 1. The predicted octanol–water partition coefficient (Wildman–Crippen LogP) is 2.43. The number of hydrogen-bond acceptors (Lipinski definition) is 6. The van der Waals surface area contributed by atoms with Crippen LogP contribution in [0.2, 0.25) is 0 Å². The predicted molar refractivity (Wildman–Crippen MR) is 88.1 cm³/mol. The van der Waals surface area contributed by atoms with Gasteiger partial charge < -0.3 is 14.5 Å². The molecule has 4 rings (SSSR count). The summed E-state index contributed by atoms with van der Waals surface area (Å²) in [5.41, 5.74) is -2.62. The lowest BCUT2D eigenvalue weighted by Crippen LogP contribution is -2.47. The third-order valence-electron chi connectivity index (χ3n) is 5.98. The molecule has 0 aromatic carbocycles. The van der Waals surface area contributed by atoms with Crippen LogP contribution < -0.4 is 9.80 Å². The SMILES string of the molecule is COC(=O)CC1(F)[C@@H]2CN(c3cc(C(F)(F)F)nc(N4CC[C@@H]4C)n3)C[C@@H]21. The highest BCUT2D eigenvalue weighted by Crippen LogP contribution is 2.60. The molecule has 1 unspecified atom stereocenters. The number of esters is 1. The molecule has 1 saturated carbocycles. The van der Waals surface area contributed by atoms with Gasteiger partial charge in [-0.05, 0) is 13.3 Å². The number of hydrogen-bond donors (Lipinski definition) is 0. The molecule has 3 fully saturated rings. The Kier molecular flexibility index (Phi) is 4.01. The molecule has 6 nitrogen and oxygen atoms in total. The van der Waals surface area contributed by atoms with Gasteiger partial charge in [-0.2, -0.15) is 18.2 Å². The highest BCUT2D eigenvalue weighted by molar-refractivity contribution is 5.72. The molecule has 3 heterocycles. The van der Waals surface area contributed by atoms with E-state index in [2.05, 4.69) is 14.7 Å². The highest BCUT2D eigenvalue weighted by Gasteiger charge is 2.70. The van der Waals surface area contributed by atoms with E-state index in [0.717, 1.165) is 12.5 Å². The maximum absolute atomic E-state index is 14.8. The van der Waals surface area contributed by atoms with Gasteiger partial charge in [0, 0.05) is 43.6 Å². The van der Waals surface area contributed by atoms with E-state index in [-0.39, 0.29) is 37.3 Å². The van der Waals surface area contributed by atoms with Crippen molar-refractivity contribution in [2.75, 3.05) is 36.5 Å². The average molecular weight is 388 g/mol. The summed E-state index contributed by atoms with van der Waals surface area (Å²) in [6.45, 7) is 2.96. The van der Waals surface area contributed by atoms with Gasteiger partial charge in [0.25, 0.3) is 0 Å². The Morgan fingerprint density at radius 2 is 2.00 bits per heavy atom. The average Bonchev–Trinajstić information content (AvgIpc) is 2.96. The lowest BCUT2D eigenvalue weighted by atomic mass is 10.1. The van der Waals surface area contributed by atoms with Crippen molar-refractivity contribution in [1.29, 1.82) is 0 Å². The molecule has 148 valence electrons. The number of alkyl halides is 4. The first kappa shape index (κ1) is 18.2. The van der Waals surface area contributed by atoms with Gasteiger partial charge in [-0.1, -0.05) is 0 Å². The molecule has 27 heavy (non-hydrogen) atoms. The van der Waals surface area contributed by atoms with Crippen LogP contribution in [-0.2, 0) is 15.7 Å². The molecule has 0 N–H and O–H groups in total. The number of halogens is 4. The van der Waals surface area contributed by atoms with Crippen LogP contribution in [0.25, 0.3) is 0 Å². The Balaban J connectivity index is 1.55. The quantitative estimate of drug-likeness (QED) is 0.583. The second-order valence-electron chi connectivity index (χ2n) is 7.54. The smallest absolute Gasteiger partial charge is 0.433 e. The third kappa shape index (κ3) is 2.98. The van der Waals surface area contributed by atoms with E-state index < -0.39 is 35.3 Å². The summed E-state index contributed by atoms with van der Waals surface area (Å²) in [5.74, 6) is -1.20. The molecular formula is C17H20F4N4O2. The molecule has 1 aromatic heterocycles. The van der Waals surface area contributed by atoms with E-state index in [4.69, 9.17) is 0 Å². The van der Waals surface area contributed by atoms with Crippen LogP contribution >= 0.6 is 0 Å². The second-order valence-corrected chi connectivity index (χ2v) is 7.54. The molecule has 2 saturated heterocycles. The summed E-state index contributed by atoms with van der Waals surface area (Å²) in [6, 6.07) is 1.01. The molecular weight excluding hydrogens is 368 g/mol. The van der Waals surface area contributed by atoms with Gasteiger partial charge in [-0.3, -0.25) is 4.79 Å². The molecule has 0 spiro atoms. The summed E-state index contributed by atoms with van der Waals surface area (Å²) in [5, 5.41) is 0. The Hall–Kier alpha value is -2.13. The number of carbonyl (C=O) groups is 1. The standard InChI is InChI=1S/C17H20F4N4O2/c1-9-3-4-25(9)15-22-12(17(19,20)21)5-13(23-15)24-7-10-11(8-24)16(10,18)6-14(26)27-2/h5,9-11H,3-4,6-8H2,1-2H3/t9-,10-,11+,16?/m0/s1. The fourth-order valence-electron chi connectivity index (χ4n) is 4.09. The zero-order chi connectivity index (χ0) is 19.6. The van der Waals surface area contributed by atoms with Crippen LogP contribution in [0.15, 0.2) is 6.07 Å². The number of anilines is 2. The van der Waals surface area contributed by atoms with Gasteiger partial charge in [0.15, 0.2) is 5.69 Å². The lowest BCUT2D eigenvalue weighted by Gasteiger charge is -2.39. The number of carbonyl (C=O) groups excluding carboxylic acids is 1. The number of nitrogens with zero attached hydrogens (tertiary/aromatic N) is 4. The zero-order valence-corrected chi connectivity index (χ0v) is 15.0. The largest absolute Gasteiger partial charge is 0.469 e. The monoisotopic (exact) mass is 388 g/mol. The molecule has 0 amide bonds. The van der Waals surface area contributed by atoms with Gasteiger partial charge in [0.05, 0.1) is 13.5 Å². The van der Waals surface area contributed by atoms with Crippen LogP contribution in [-0.4, -0.2) is 54.4 Å². The van der Waals surface area contributed by atoms with Gasteiger partial charge in [-0.25, -0.2) is 9.37 Å². The maximum Gasteiger partial charge on any atom is 0.433 e. The first-order valence-corrected chi connectivity index (χ1v) is 8.87. The fraction of sp³-hybridized carbons (Fsp3) is 0.706. The molecule has 0 radical (unpaired) electrons. The number of ether oxygens (including phenoxy) is 1. The summed E-state index contributed by atoms with van der Waals surface area (Å²) in [4.78, 5) is 22.7. The number of methoxy groups -OCH3 is 1. The Labute approximate surface area is 153 Å². The fourth-order valence-corrected chi connectivity index (χ4v) is 4.09. The molecule has 4 atom stereocenters. The van der Waals surface area contributed by atoms with Gasteiger partial charge >= 0.3 is 12.1 Å². The van der Waals surface area contributed by atoms with Gasteiger partial charge in [0.1, 0.15) is 11.5 Å². The number of piperidine rings is 1. The minimum atomic E-state index is -4.59. The van der Waals surface area contributed by atoms with Crippen LogP contribution in [0, 0.1) is 11.8 Å². The molecule has 3 aliphatic rings. The summed E-state index contributed by atoms with van der Waals surface area (Å²) < 4.78 is 59.1. The van der Waals surface area contributed by atoms with Crippen molar-refractivity contribution in [3.63, 3.8) is 0 Å². The first-order valence-electron chi connectivity index (χ1n) is 8.87. The van der Waals surface area contributed by atoms with E-state index >= 15 is 0 Å². The van der Waals surface area contributed by atoms with Crippen molar-refractivity contribution >= 4 is 17.7 Å². The normalized spacial score (nSPS) is 32.1. The molecule has 1 aliphatic carbocycles. The van der Waals surface area contributed by atoms with Crippen LogP contribution in [0.1, 0.15) is 25.5 Å². The van der Waals surface area contributed by atoms with Gasteiger partial charge in [-0.15, -0.1) is 0 Å². The molecule has 10 heteroatoms. The highest BCUT2D eigenvalue weighted by atomic mass is 19.4. The maximum atomic E-state index is 14.8. The van der Waals surface area contributed by atoms with E-state index in [1.165, 1.54) is 7.11 Å². The second kappa shape index (κ2) is 5.93. The Morgan fingerprint density at radius 3 is 2.48 bits per heavy atom. The number of rotatable bonds is 4. The van der Waals surface area contributed by atoms with E-state index in [0.29, 0.717) is 6.54 Å². The summed E-state index contributed by atoms with van der Waals surface area (Å²) >= 11 is 0. The Bertz CT molecular complexity index is 760. The van der Waals surface area contributed by atoms with Crippen molar-refractivity contribution < 1.29 is 27.1 Å². The lowest BCUT2D eigenvalue weighted by molar-refractivity contribution is -0.143. The zero-order valence-electron chi connectivity index (χ0n) is 15.0.